The lowest BCUT2D eigenvalue weighted by Crippen LogP contribution is -2.41. The van der Waals surface area contributed by atoms with Gasteiger partial charge in [0.05, 0.1) is 5.56 Å². The predicted molar refractivity (Wildman–Crippen MR) is 70.0 cm³/mol. The summed E-state index contributed by atoms with van der Waals surface area (Å²) in [6.45, 7) is 1.31. The van der Waals surface area contributed by atoms with Crippen molar-refractivity contribution in [1.82, 2.24) is 4.90 Å². The molecule has 1 fully saturated rings. The Morgan fingerprint density at radius 2 is 2.11 bits per heavy atom. The number of rotatable bonds is 2. The molecule has 2 rings (SSSR count). The molecule has 0 aliphatic carbocycles. The van der Waals surface area contributed by atoms with Crippen LogP contribution in [0.25, 0.3) is 0 Å². The smallest absolute Gasteiger partial charge is 0.257 e. The van der Waals surface area contributed by atoms with Crippen molar-refractivity contribution in [3.05, 3.63) is 34.1 Å². The Morgan fingerprint density at radius 3 is 2.72 bits per heavy atom. The molecule has 1 saturated heterocycles. The molecule has 1 heterocycles. The summed E-state index contributed by atoms with van der Waals surface area (Å²) in [6, 6.07) is 4.67. The second-order valence-corrected chi connectivity index (χ2v) is 5.21. The maximum atomic E-state index is 13.7. The van der Waals surface area contributed by atoms with E-state index in [9.17, 15) is 9.18 Å². The van der Waals surface area contributed by atoms with E-state index in [1.165, 1.54) is 6.07 Å². The van der Waals surface area contributed by atoms with Crippen molar-refractivity contribution >= 4 is 21.8 Å². The van der Waals surface area contributed by atoms with E-state index in [1.807, 2.05) is 0 Å². The van der Waals surface area contributed by atoms with Gasteiger partial charge in [-0.15, -0.1) is 0 Å². The van der Waals surface area contributed by atoms with Gasteiger partial charge in [0.25, 0.3) is 5.91 Å². The van der Waals surface area contributed by atoms with E-state index >= 15 is 0 Å². The number of carbonyl (C=O) groups is 1. The normalized spacial score (nSPS) is 16.6. The minimum Gasteiger partial charge on any atom is -0.381 e. The summed E-state index contributed by atoms with van der Waals surface area (Å²) in [6.07, 6.45) is 1.60. The van der Waals surface area contributed by atoms with E-state index in [4.69, 9.17) is 4.74 Å². The zero-order chi connectivity index (χ0) is 13.1. The molecule has 1 aliphatic heterocycles. The molecule has 0 radical (unpaired) electrons. The van der Waals surface area contributed by atoms with Crippen LogP contribution in [0, 0.1) is 5.82 Å². The third kappa shape index (κ3) is 2.72. The summed E-state index contributed by atoms with van der Waals surface area (Å²) in [5.41, 5.74) is 0.103. The Balaban J connectivity index is 2.19. The zero-order valence-electron chi connectivity index (χ0n) is 10.2. The van der Waals surface area contributed by atoms with Gasteiger partial charge >= 0.3 is 0 Å². The van der Waals surface area contributed by atoms with Crippen LogP contribution in [0.4, 0.5) is 4.39 Å². The van der Waals surface area contributed by atoms with E-state index in [-0.39, 0.29) is 17.5 Å². The number of hydrogen-bond acceptors (Lipinski definition) is 2. The lowest BCUT2D eigenvalue weighted by Gasteiger charge is -2.31. The molecule has 0 N–H and O–H groups in total. The number of ether oxygens (including phenoxy) is 1. The summed E-state index contributed by atoms with van der Waals surface area (Å²) in [5.74, 6) is -0.778. The summed E-state index contributed by atoms with van der Waals surface area (Å²) < 4.78 is 19.5. The second kappa shape index (κ2) is 5.80. The van der Waals surface area contributed by atoms with Crippen LogP contribution in [0.1, 0.15) is 23.2 Å². The molecule has 18 heavy (non-hydrogen) atoms. The van der Waals surface area contributed by atoms with Crippen molar-refractivity contribution in [2.75, 3.05) is 20.3 Å². The van der Waals surface area contributed by atoms with Crippen molar-refractivity contribution < 1.29 is 13.9 Å². The number of halogens is 2. The molecule has 0 spiro atoms. The van der Waals surface area contributed by atoms with Gasteiger partial charge in [-0.25, -0.2) is 4.39 Å². The van der Waals surface area contributed by atoms with Gasteiger partial charge in [0.15, 0.2) is 0 Å². The lowest BCUT2D eigenvalue weighted by atomic mass is 10.1. The van der Waals surface area contributed by atoms with E-state index in [0.717, 1.165) is 12.8 Å². The summed E-state index contributed by atoms with van der Waals surface area (Å²) in [4.78, 5) is 13.9. The summed E-state index contributed by atoms with van der Waals surface area (Å²) in [7, 11) is 1.72. The van der Waals surface area contributed by atoms with Crippen LogP contribution in [0.2, 0.25) is 0 Å². The Labute approximate surface area is 114 Å². The predicted octanol–water partition coefficient (Wildman–Crippen LogP) is 2.84. The molecule has 1 aliphatic rings. The first kappa shape index (κ1) is 13.5. The fraction of sp³-hybridized carbons (Fsp3) is 0.462. The van der Waals surface area contributed by atoms with Crippen LogP contribution in [-0.4, -0.2) is 37.1 Å². The van der Waals surface area contributed by atoms with Crippen molar-refractivity contribution in [2.45, 2.75) is 18.9 Å². The van der Waals surface area contributed by atoms with Gasteiger partial charge in [0, 0.05) is 30.8 Å². The quantitative estimate of drug-likeness (QED) is 0.840. The minimum atomic E-state index is -0.492. The van der Waals surface area contributed by atoms with Crippen molar-refractivity contribution in [2.24, 2.45) is 0 Å². The third-order valence-corrected chi connectivity index (χ3v) is 3.90. The Hall–Kier alpha value is -0.940. The van der Waals surface area contributed by atoms with Crippen LogP contribution >= 0.6 is 15.9 Å². The highest BCUT2D eigenvalue weighted by Crippen LogP contribution is 2.23. The SMILES string of the molecule is CN(C(=O)c1c(F)cccc1Br)C1CCOCC1. The van der Waals surface area contributed by atoms with Crippen LogP contribution in [0.5, 0.6) is 0 Å². The number of nitrogens with zero attached hydrogens (tertiary/aromatic N) is 1. The van der Waals surface area contributed by atoms with E-state index in [2.05, 4.69) is 15.9 Å². The highest BCUT2D eigenvalue weighted by molar-refractivity contribution is 9.10. The molecule has 1 aromatic rings. The topological polar surface area (TPSA) is 29.5 Å². The van der Waals surface area contributed by atoms with Gasteiger partial charge in [0.1, 0.15) is 5.82 Å². The first-order valence-corrected chi connectivity index (χ1v) is 6.69. The molecule has 3 nitrogen and oxygen atoms in total. The van der Waals surface area contributed by atoms with Crippen LogP contribution in [-0.2, 0) is 4.74 Å². The van der Waals surface area contributed by atoms with Gasteiger partial charge < -0.3 is 9.64 Å². The molecule has 0 saturated carbocycles. The minimum absolute atomic E-state index is 0.103. The summed E-state index contributed by atoms with van der Waals surface area (Å²) in [5, 5.41) is 0. The molecule has 5 heteroatoms. The second-order valence-electron chi connectivity index (χ2n) is 4.36. The Kier molecular flexibility index (Phi) is 4.35. The van der Waals surface area contributed by atoms with E-state index in [1.54, 1.807) is 24.1 Å². The number of hydrogen-bond donors (Lipinski definition) is 0. The van der Waals surface area contributed by atoms with Crippen LogP contribution < -0.4 is 0 Å². The standard InChI is InChI=1S/C13H15BrFNO2/c1-16(9-5-7-18-8-6-9)13(17)12-10(14)3-2-4-11(12)15/h2-4,9H,5-8H2,1H3. The number of amides is 1. The number of benzene rings is 1. The van der Waals surface area contributed by atoms with Gasteiger partial charge in [-0.05, 0) is 40.9 Å². The largest absolute Gasteiger partial charge is 0.381 e. The highest BCUT2D eigenvalue weighted by Gasteiger charge is 2.26. The molecule has 1 aromatic carbocycles. The Bertz CT molecular complexity index is 426. The molecule has 98 valence electrons. The zero-order valence-corrected chi connectivity index (χ0v) is 11.7. The molecule has 1 amide bonds. The fourth-order valence-electron chi connectivity index (χ4n) is 2.12. The molecule has 0 bridgehead atoms. The molecular weight excluding hydrogens is 301 g/mol. The average Bonchev–Trinajstić information content (AvgIpc) is 2.38. The van der Waals surface area contributed by atoms with Gasteiger partial charge in [-0.2, -0.15) is 0 Å². The van der Waals surface area contributed by atoms with Crippen molar-refractivity contribution in [3.8, 4) is 0 Å². The monoisotopic (exact) mass is 315 g/mol. The Morgan fingerprint density at radius 1 is 1.44 bits per heavy atom. The maximum Gasteiger partial charge on any atom is 0.257 e. The third-order valence-electron chi connectivity index (χ3n) is 3.24. The van der Waals surface area contributed by atoms with Crippen LogP contribution in [0.15, 0.2) is 22.7 Å². The van der Waals surface area contributed by atoms with Crippen molar-refractivity contribution in [1.29, 1.82) is 0 Å². The highest BCUT2D eigenvalue weighted by atomic mass is 79.9. The maximum absolute atomic E-state index is 13.7. The first-order valence-electron chi connectivity index (χ1n) is 5.90. The van der Waals surface area contributed by atoms with Gasteiger partial charge in [-0.1, -0.05) is 6.07 Å². The van der Waals surface area contributed by atoms with Gasteiger partial charge in [0.2, 0.25) is 0 Å². The van der Waals surface area contributed by atoms with E-state index < -0.39 is 5.82 Å². The van der Waals surface area contributed by atoms with Gasteiger partial charge in [-0.3, -0.25) is 4.79 Å². The molecular formula is C13H15BrFNO2. The summed E-state index contributed by atoms with van der Waals surface area (Å²) >= 11 is 3.23. The first-order chi connectivity index (χ1) is 8.61. The van der Waals surface area contributed by atoms with Crippen molar-refractivity contribution in [3.63, 3.8) is 0 Å². The molecule has 0 aromatic heterocycles. The number of carbonyl (C=O) groups excluding carboxylic acids is 1. The van der Waals surface area contributed by atoms with Crippen LogP contribution in [0.3, 0.4) is 0 Å². The molecule has 0 atom stereocenters. The molecule has 0 unspecified atom stereocenters. The fourth-order valence-corrected chi connectivity index (χ4v) is 2.63. The lowest BCUT2D eigenvalue weighted by molar-refractivity contribution is 0.0359. The van der Waals surface area contributed by atoms with E-state index in [0.29, 0.717) is 17.7 Å². The average molecular weight is 316 g/mol.